The van der Waals surface area contributed by atoms with E-state index in [9.17, 15) is 43.2 Å². The zero-order valence-electron chi connectivity index (χ0n) is 52.1. The van der Waals surface area contributed by atoms with Gasteiger partial charge >= 0.3 is 39.5 Å². The van der Waals surface area contributed by atoms with Gasteiger partial charge in [-0.05, 0) is 37.5 Å². The van der Waals surface area contributed by atoms with Crippen LogP contribution in [0, 0.1) is 11.8 Å². The summed E-state index contributed by atoms with van der Waals surface area (Å²) in [6.07, 6.45) is 36.3. The Balaban J connectivity index is 5.22. The highest BCUT2D eigenvalue weighted by Crippen LogP contribution is 2.45. The predicted molar refractivity (Wildman–Crippen MR) is 321 cm³/mol. The van der Waals surface area contributed by atoms with Gasteiger partial charge in [-0.2, -0.15) is 0 Å². The molecular weight excluding hydrogens is 1080 g/mol. The zero-order chi connectivity index (χ0) is 60.1. The first-order valence-electron chi connectivity index (χ1n) is 32.5. The van der Waals surface area contributed by atoms with E-state index in [0.717, 1.165) is 109 Å². The number of esters is 4. The van der Waals surface area contributed by atoms with Gasteiger partial charge in [-0.25, -0.2) is 9.13 Å². The van der Waals surface area contributed by atoms with Crippen molar-refractivity contribution in [2.24, 2.45) is 11.8 Å². The van der Waals surface area contributed by atoms with E-state index in [4.69, 9.17) is 37.0 Å². The number of aliphatic hydroxyl groups excluding tert-OH is 1. The lowest BCUT2D eigenvalue weighted by Gasteiger charge is -2.21. The number of hydrogen-bond acceptors (Lipinski definition) is 15. The maximum Gasteiger partial charge on any atom is 0.472 e. The Kier molecular flexibility index (Phi) is 53.4. The van der Waals surface area contributed by atoms with Crippen molar-refractivity contribution in [2.45, 2.75) is 323 Å². The largest absolute Gasteiger partial charge is 0.472 e. The van der Waals surface area contributed by atoms with Crippen molar-refractivity contribution in [1.29, 1.82) is 0 Å². The average molecular weight is 1200 g/mol. The van der Waals surface area contributed by atoms with Crippen LogP contribution in [0.1, 0.15) is 305 Å². The summed E-state index contributed by atoms with van der Waals surface area (Å²) < 4.78 is 67.8. The summed E-state index contributed by atoms with van der Waals surface area (Å²) in [5, 5.41) is 10.5. The normalized spacial score (nSPS) is 14.4. The van der Waals surface area contributed by atoms with E-state index in [0.29, 0.717) is 31.6 Å². The topological polar surface area (TPSA) is 237 Å². The highest BCUT2D eigenvalue weighted by atomic mass is 31.2. The Morgan fingerprint density at radius 3 is 0.840 bits per heavy atom. The number of carbonyl (C=O) groups excluding carboxylic acids is 4. The van der Waals surface area contributed by atoms with Crippen LogP contribution < -0.4 is 0 Å². The lowest BCUT2D eigenvalue weighted by molar-refractivity contribution is -0.161. The number of hydrogen-bond donors (Lipinski definition) is 3. The molecule has 0 saturated carbocycles. The van der Waals surface area contributed by atoms with Crippen molar-refractivity contribution in [1.82, 2.24) is 0 Å². The second kappa shape index (κ2) is 54.7. The third kappa shape index (κ3) is 56.9. The molecule has 0 spiro atoms. The number of unbranched alkanes of at least 4 members (excludes halogenated alkanes) is 31. The molecule has 0 amide bonds. The molecule has 0 fully saturated rings. The molecule has 480 valence electrons. The zero-order valence-corrected chi connectivity index (χ0v) is 53.9. The van der Waals surface area contributed by atoms with Gasteiger partial charge in [-0.15, -0.1) is 0 Å². The summed E-state index contributed by atoms with van der Waals surface area (Å²) in [4.78, 5) is 72.0. The Morgan fingerprint density at radius 1 is 0.333 bits per heavy atom. The molecule has 0 aliphatic rings. The maximum atomic E-state index is 13.0. The van der Waals surface area contributed by atoms with E-state index >= 15 is 0 Å². The van der Waals surface area contributed by atoms with Crippen LogP contribution >= 0.6 is 15.6 Å². The SMILES string of the molecule is CCCCCCCCCCCCCC(=O)OC[C@H](COP(=O)(O)OC[C@@H](O)COP(=O)(O)OC[C@@H](COC(=O)CCCCCCCCC)OC(=O)CCCCCCCCCC(C)C)OC(=O)CCCCCCCCCCCCC(C)C. The van der Waals surface area contributed by atoms with Crippen molar-refractivity contribution in [3.8, 4) is 0 Å². The first kappa shape index (κ1) is 79.1. The summed E-state index contributed by atoms with van der Waals surface area (Å²) in [5.74, 6) is -0.694. The van der Waals surface area contributed by atoms with Gasteiger partial charge in [-0.3, -0.25) is 37.3 Å². The van der Waals surface area contributed by atoms with Crippen LogP contribution in [0.3, 0.4) is 0 Å². The molecule has 0 bridgehead atoms. The van der Waals surface area contributed by atoms with Crippen LogP contribution in [0.2, 0.25) is 0 Å². The summed E-state index contributed by atoms with van der Waals surface area (Å²) >= 11 is 0. The first-order chi connectivity index (χ1) is 38.9. The highest BCUT2D eigenvalue weighted by Gasteiger charge is 2.30. The maximum absolute atomic E-state index is 13.0. The quantitative estimate of drug-likeness (QED) is 0.0222. The van der Waals surface area contributed by atoms with Crippen molar-refractivity contribution in [3.63, 3.8) is 0 Å². The summed E-state index contributed by atoms with van der Waals surface area (Å²) in [6.45, 7) is 9.36. The van der Waals surface area contributed by atoms with Crippen molar-refractivity contribution < 1.29 is 80.2 Å². The molecule has 0 heterocycles. The number of phosphoric acid groups is 2. The lowest BCUT2D eigenvalue weighted by Crippen LogP contribution is -2.30. The second-order valence-corrected chi connectivity index (χ2v) is 26.3. The highest BCUT2D eigenvalue weighted by molar-refractivity contribution is 7.47. The second-order valence-electron chi connectivity index (χ2n) is 23.4. The van der Waals surface area contributed by atoms with Crippen molar-refractivity contribution in [3.05, 3.63) is 0 Å². The molecule has 0 aromatic rings. The standard InChI is InChI=1S/C62H120O17P2/c1-7-9-11-13-15-16-17-21-27-33-39-45-60(65)73-51-58(78-61(66)46-40-34-28-22-19-18-20-25-30-36-42-54(3)4)53-77-81(70,71)75-49-56(63)48-74-80(68,69)76-52-57(50-72-59(64)44-38-32-24-14-12-10-8-2)79-62(67)47-41-35-29-23-26-31-37-43-55(5)6/h54-58,63H,7-53H2,1-6H3,(H,68,69)(H,70,71)/t56-,57+,58+/m0/s1. The Bertz CT molecular complexity index is 1600. The van der Waals surface area contributed by atoms with Crippen molar-refractivity contribution in [2.75, 3.05) is 39.6 Å². The minimum absolute atomic E-state index is 0.103. The Morgan fingerprint density at radius 2 is 0.568 bits per heavy atom. The van der Waals surface area contributed by atoms with Gasteiger partial charge in [0.2, 0.25) is 0 Å². The third-order valence-corrected chi connectivity index (χ3v) is 16.1. The van der Waals surface area contributed by atoms with Gasteiger partial charge in [0.25, 0.3) is 0 Å². The van der Waals surface area contributed by atoms with Gasteiger partial charge in [-0.1, -0.05) is 253 Å². The molecule has 0 rings (SSSR count). The number of aliphatic hydroxyl groups is 1. The van der Waals surface area contributed by atoms with E-state index in [-0.39, 0.29) is 25.7 Å². The molecule has 0 aliphatic carbocycles. The molecule has 5 atom stereocenters. The molecular formula is C62H120O17P2. The smallest absolute Gasteiger partial charge is 0.462 e. The van der Waals surface area contributed by atoms with Crippen LogP contribution in [-0.4, -0.2) is 96.7 Å². The first-order valence-corrected chi connectivity index (χ1v) is 35.5. The van der Waals surface area contributed by atoms with Gasteiger partial charge < -0.3 is 33.8 Å². The summed E-state index contributed by atoms with van der Waals surface area (Å²) in [7, 11) is -9.88. The van der Waals surface area contributed by atoms with Gasteiger partial charge in [0.05, 0.1) is 26.4 Å². The molecule has 19 heteroatoms. The monoisotopic (exact) mass is 1200 g/mol. The van der Waals surface area contributed by atoms with E-state index in [1.54, 1.807) is 0 Å². The number of ether oxygens (including phenoxy) is 4. The molecule has 0 aromatic carbocycles. The lowest BCUT2D eigenvalue weighted by atomic mass is 10.0. The van der Waals surface area contributed by atoms with Crippen LogP contribution in [0.25, 0.3) is 0 Å². The molecule has 2 unspecified atom stereocenters. The fourth-order valence-corrected chi connectivity index (χ4v) is 10.8. The number of phosphoric ester groups is 2. The predicted octanol–water partition coefficient (Wildman–Crippen LogP) is 16.9. The fraction of sp³-hybridized carbons (Fsp3) is 0.935. The van der Waals surface area contributed by atoms with Crippen LogP contribution in [0.4, 0.5) is 0 Å². The van der Waals surface area contributed by atoms with Crippen LogP contribution in [-0.2, 0) is 65.4 Å². The molecule has 3 N–H and O–H groups in total. The van der Waals surface area contributed by atoms with E-state index in [1.165, 1.54) is 109 Å². The molecule has 17 nitrogen and oxygen atoms in total. The molecule has 0 radical (unpaired) electrons. The van der Waals surface area contributed by atoms with Gasteiger partial charge in [0, 0.05) is 25.7 Å². The molecule has 81 heavy (non-hydrogen) atoms. The van der Waals surface area contributed by atoms with E-state index < -0.39 is 97.5 Å². The Labute approximate surface area is 492 Å². The van der Waals surface area contributed by atoms with E-state index in [1.807, 2.05) is 0 Å². The third-order valence-electron chi connectivity index (χ3n) is 14.2. The minimum atomic E-state index is -4.94. The van der Waals surface area contributed by atoms with Crippen molar-refractivity contribution >= 4 is 39.5 Å². The summed E-state index contributed by atoms with van der Waals surface area (Å²) in [6, 6.07) is 0. The number of carbonyl (C=O) groups is 4. The fourth-order valence-electron chi connectivity index (χ4n) is 9.18. The molecule has 0 saturated heterocycles. The van der Waals surface area contributed by atoms with Crippen LogP contribution in [0.5, 0.6) is 0 Å². The molecule has 0 aromatic heterocycles. The average Bonchev–Trinajstić information content (AvgIpc) is 3.42. The van der Waals surface area contributed by atoms with E-state index in [2.05, 4.69) is 41.5 Å². The molecule has 0 aliphatic heterocycles. The summed E-state index contributed by atoms with van der Waals surface area (Å²) in [5.41, 5.74) is 0. The van der Waals surface area contributed by atoms with Gasteiger partial charge in [0.1, 0.15) is 19.3 Å². The minimum Gasteiger partial charge on any atom is -0.462 e. The Hall–Kier alpha value is -1.94. The van der Waals surface area contributed by atoms with Crippen LogP contribution in [0.15, 0.2) is 0 Å². The number of rotatable bonds is 61. The van der Waals surface area contributed by atoms with Gasteiger partial charge in [0.15, 0.2) is 12.2 Å².